The van der Waals surface area contributed by atoms with Crippen LogP contribution in [0, 0.1) is 0 Å². The van der Waals surface area contributed by atoms with Crippen LogP contribution in [0.3, 0.4) is 0 Å². The van der Waals surface area contributed by atoms with Gasteiger partial charge in [-0.25, -0.2) is 4.79 Å². The number of rotatable bonds is 6. The largest absolute Gasteiger partial charge is 0.412 e. The van der Waals surface area contributed by atoms with Crippen LogP contribution in [-0.4, -0.2) is 12.0 Å². The molecule has 5 nitrogen and oxygen atoms in total. The molecule has 0 radical (unpaired) electrons. The second-order valence-electron chi connectivity index (χ2n) is 5.92. The Hall–Kier alpha value is -3.60. The minimum absolute atomic E-state index is 0.120. The van der Waals surface area contributed by atoms with Gasteiger partial charge in [0.25, 0.3) is 5.91 Å². The Morgan fingerprint density at radius 2 is 1.30 bits per heavy atom. The van der Waals surface area contributed by atoms with E-state index >= 15 is 0 Å². The molecule has 27 heavy (non-hydrogen) atoms. The lowest BCUT2D eigenvalue weighted by Crippen LogP contribution is -2.26. The van der Waals surface area contributed by atoms with Crippen molar-refractivity contribution in [1.82, 2.24) is 10.6 Å². The Bertz CT molecular complexity index is 896. The first-order chi connectivity index (χ1) is 13.2. The van der Waals surface area contributed by atoms with Crippen molar-refractivity contribution < 1.29 is 14.3 Å². The van der Waals surface area contributed by atoms with Crippen LogP contribution in [0.15, 0.2) is 84.9 Å². The molecule has 0 unspecified atom stereocenters. The summed E-state index contributed by atoms with van der Waals surface area (Å²) in [6.07, 6.45) is -0.510. The molecule has 0 spiro atoms. The van der Waals surface area contributed by atoms with Gasteiger partial charge in [-0.15, -0.1) is 0 Å². The highest BCUT2D eigenvalue weighted by molar-refractivity contribution is 5.94. The maximum Gasteiger partial charge on any atom is 0.412 e. The fraction of sp³-hybridized carbons (Fsp3) is 0.0909. The Kier molecular flexibility index (Phi) is 6.20. The van der Waals surface area contributed by atoms with Crippen LogP contribution in [-0.2, 0) is 13.1 Å². The fourth-order valence-corrected chi connectivity index (χ4v) is 2.53. The van der Waals surface area contributed by atoms with Crippen LogP contribution in [0.25, 0.3) is 0 Å². The molecule has 136 valence electrons. The van der Waals surface area contributed by atoms with Gasteiger partial charge in [0.2, 0.25) is 0 Å². The van der Waals surface area contributed by atoms with Crippen molar-refractivity contribution in [2.75, 3.05) is 0 Å². The maximum atomic E-state index is 12.1. The summed E-state index contributed by atoms with van der Waals surface area (Å²) < 4.78 is 5.19. The molecule has 3 aromatic rings. The molecule has 0 bridgehead atoms. The number of ether oxygens (including phenoxy) is 1. The zero-order valence-corrected chi connectivity index (χ0v) is 14.7. The predicted octanol–water partition coefficient (Wildman–Crippen LogP) is 3.91. The Morgan fingerprint density at radius 1 is 0.704 bits per heavy atom. The van der Waals surface area contributed by atoms with E-state index in [1.807, 2.05) is 48.5 Å². The number of benzene rings is 3. The molecule has 2 amide bonds. The summed E-state index contributed by atoms with van der Waals surface area (Å²) in [7, 11) is 0. The summed E-state index contributed by atoms with van der Waals surface area (Å²) in [4.78, 5) is 24.0. The topological polar surface area (TPSA) is 67.4 Å². The van der Waals surface area contributed by atoms with Crippen molar-refractivity contribution in [3.8, 4) is 5.75 Å². The first-order valence-corrected chi connectivity index (χ1v) is 8.62. The molecule has 0 saturated carbocycles. The quantitative estimate of drug-likeness (QED) is 0.700. The van der Waals surface area contributed by atoms with Gasteiger partial charge in [-0.2, -0.15) is 0 Å². The van der Waals surface area contributed by atoms with Crippen molar-refractivity contribution in [2.24, 2.45) is 0 Å². The number of hydrogen-bond donors (Lipinski definition) is 2. The summed E-state index contributed by atoms with van der Waals surface area (Å²) in [5, 5.41) is 5.61. The number of nitrogens with one attached hydrogen (secondary N) is 2. The Labute approximate surface area is 158 Å². The molecule has 3 rings (SSSR count). The van der Waals surface area contributed by atoms with E-state index in [9.17, 15) is 9.59 Å². The summed E-state index contributed by atoms with van der Waals surface area (Å²) >= 11 is 0. The van der Waals surface area contributed by atoms with Gasteiger partial charge in [-0.05, 0) is 35.4 Å². The van der Waals surface area contributed by atoms with Crippen LogP contribution < -0.4 is 15.4 Å². The van der Waals surface area contributed by atoms with E-state index in [0.717, 1.165) is 11.1 Å². The van der Waals surface area contributed by atoms with Gasteiger partial charge in [-0.1, -0.05) is 60.7 Å². The van der Waals surface area contributed by atoms with Gasteiger partial charge in [0, 0.05) is 18.7 Å². The van der Waals surface area contributed by atoms with Crippen molar-refractivity contribution in [3.63, 3.8) is 0 Å². The Balaban J connectivity index is 1.50. The molecule has 0 fully saturated rings. The van der Waals surface area contributed by atoms with Crippen LogP contribution in [0.5, 0.6) is 5.75 Å². The van der Waals surface area contributed by atoms with Gasteiger partial charge in [-0.3, -0.25) is 4.79 Å². The molecule has 0 aliphatic heterocycles. The van der Waals surface area contributed by atoms with Gasteiger partial charge >= 0.3 is 6.09 Å². The van der Waals surface area contributed by atoms with Crippen molar-refractivity contribution in [1.29, 1.82) is 0 Å². The van der Waals surface area contributed by atoms with Crippen molar-refractivity contribution in [2.45, 2.75) is 13.1 Å². The molecular formula is C22H20N2O3. The van der Waals surface area contributed by atoms with Gasteiger partial charge in [0.05, 0.1) is 0 Å². The normalized spacial score (nSPS) is 10.1. The standard InChI is InChI=1S/C22H20N2O3/c25-21(19-10-3-1-4-11-19)23-15-17-8-7-9-18(14-17)16-24-22(26)27-20-12-5-2-6-13-20/h1-14H,15-16H2,(H,23,25)(H,24,26). The smallest absolute Gasteiger partial charge is 0.410 e. The highest BCUT2D eigenvalue weighted by Crippen LogP contribution is 2.09. The molecule has 0 atom stereocenters. The number of carbonyl (C=O) groups is 2. The molecule has 0 aromatic heterocycles. The third-order valence-electron chi connectivity index (χ3n) is 3.87. The predicted molar refractivity (Wildman–Crippen MR) is 103 cm³/mol. The number of carbonyl (C=O) groups excluding carboxylic acids is 2. The highest BCUT2D eigenvalue weighted by Gasteiger charge is 2.06. The van der Waals surface area contributed by atoms with E-state index in [1.165, 1.54) is 0 Å². The van der Waals surface area contributed by atoms with E-state index in [-0.39, 0.29) is 5.91 Å². The minimum atomic E-state index is -0.510. The molecule has 2 N–H and O–H groups in total. The van der Waals surface area contributed by atoms with E-state index < -0.39 is 6.09 Å². The van der Waals surface area contributed by atoms with Gasteiger partial charge < -0.3 is 15.4 Å². The van der Waals surface area contributed by atoms with Crippen LogP contribution >= 0.6 is 0 Å². The summed E-state index contributed by atoms with van der Waals surface area (Å²) in [5.41, 5.74) is 2.50. The Morgan fingerprint density at radius 3 is 1.96 bits per heavy atom. The molecule has 0 aliphatic carbocycles. The van der Waals surface area contributed by atoms with E-state index in [1.54, 1.807) is 36.4 Å². The highest BCUT2D eigenvalue weighted by atomic mass is 16.6. The second-order valence-corrected chi connectivity index (χ2v) is 5.92. The molecule has 0 aliphatic rings. The van der Waals surface area contributed by atoms with Crippen LogP contribution in [0.1, 0.15) is 21.5 Å². The third-order valence-corrected chi connectivity index (χ3v) is 3.87. The second kappa shape index (κ2) is 9.20. The number of amides is 2. The molecule has 0 saturated heterocycles. The summed E-state index contributed by atoms with van der Waals surface area (Å²) in [6.45, 7) is 0.752. The molecule has 3 aromatic carbocycles. The SMILES string of the molecule is O=C(NCc1cccc(CNC(=O)c2ccccc2)c1)Oc1ccccc1. The summed E-state index contributed by atoms with van der Waals surface area (Å²) in [5.74, 6) is 0.373. The lowest BCUT2D eigenvalue weighted by molar-refractivity contribution is 0.0951. The molecular weight excluding hydrogens is 340 g/mol. The average molecular weight is 360 g/mol. The van der Waals surface area contributed by atoms with Crippen molar-refractivity contribution in [3.05, 3.63) is 102 Å². The van der Waals surface area contributed by atoms with E-state index in [4.69, 9.17) is 4.74 Å². The van der Waals surface area contributed by atoms with Crippen LogP contribution in [0.2, 0.25) is 0 Å². The number of para-hydroxylation sites is 1. The zero-order valence-electron chi connectivity index (χ0n) is 14.7. The lowest BCUT2D eigenvalue weighted by Gasteiger charge is -2.09. The van der Waals surface area contributed by atoms with Crippen molar-refractivity contribution >= 4 is 12.0 Å². The van der Waals surface area contributed by atoms with E-state index in [0.29, 0.717) is 24.4 Å². The minimum Gasteiger partial charge on any atom is -0.410 e. The molecule has 5 heteroatoms. The first kappa shape index (κ1) is 18.2. The lowest BCUT2D eigenvalue weighted by atomic mass is 10.1. The monoisotopic (exact) mass is 360 g/mol. The average Bonchev–Trinajstić information content (AvgIpc) is 2.72. The van der Waals surface area contributed by atoms with E-state index in [2.05, 4.69) is 10.6 Å². The first-order valence-electron chi connectivity index (χ1n) is 8.62. The molecule has 0 heterocycles. The third kappa shape index (κ3) is 5.71. The number of hydrogen-bond acceptors (Lipinski definition) is 3. The zero-order chi connectivity index (χ0) is 18.9. The van der Waals surface area contributed by atoms with Crippen LogP contribution in [0.4, 0.5) is 4.79 Å². The van der Waals surface area contributed by atoms with Gasteiger partial charge in [0.15, 0.2) is 0 Å². The van der Waals surface area contributed by atoms with Gasteiger partial charge in [0.1, 0.15) is 5.75 Å². The maximum absolute atomic E-state index is 12.1. The fourth-order valence-electron chi connectivity index (χ4n) is 2.53. The summed E-state index contributed by atoms with van der Waals surface area (Å²) in [6, 6.07) is 25.6.